The third kappa shape index (κ3) is 5.04. The maximum absolute atomic E-state index is 12.1. The number of ether oxygens (including phenoxy) is 1. The van der Waals surface area contributed by atoms with Gasteiger partial charge in [0.15, 0.2) is 0 Å². The first-order valence-electron chi connectivity index (χ1n) is 5.99. The van der Waals surface area contributed by atoms with E-state index < -0.39 is 13.6 Å². The molecule has 23 heavy (non-hydrogen) atoms. The van der Waals surface area contributed by atoms with E-state index in [1.54, 1.807) is 24.4 Å². The molecule has 3 nitrogen and oxygen atoms in total. The van der Waals surface area contributed by atoms with Gasteiger partial charge >= 0.3 is 13.6 Å². The van der Waals surface area contributed by atoms with Crippen molar-refractivity contribution in [1.82, 2.24) is 0 Å². The maximum Gasteiger partial charge on any atom is 0.673 e. The van der Waals surface area contributed by atoms with Gasteiger partial charge in [0.05, 0.1) is 0 Å². The van der Waals surface area contributed by atoms with Crippen LogP contribution in [0.5, 0.6) is 5.75 Å². The Morgan fingerprint density at radius 2 is 1.65 bits per heavy atom. The smallest absolute Gasteiger partial charge is 0.418 e. The number of alkyl halides is 3. The first-order chi connectivity index (χ1) is 10.5. The van der Waals surface area contributed by atoms with Crippen molar-refractivity contribution in [2.45, 2.75) is 6.36 Å². The van der Waals surface area contributed by atoms with E-state index in [2.05, 4.69) is 4.74 Å². The van der Waals surface area contributed by atoms with Gasteiger partial charge in [-0.15, -0.1) is 13.2 Å². The van der Waals surface area contributed by atoms with Crippen LogP contribution in [0.4, 0.5) is 30.4 Å². The van der Waals surface area contributed by atoms with Crippen LogP contribution in [0.1, 0.15) is 0 Å². The van der Waals surface area contributed by atoms with E-state index >= 15 is 0 Å². The summed E-state index contributed by atoms with van der Waals surface area (Å²) < 4.78 is 86.2. The summed E-state index contributed by atoms with van der Waals surface area (Å²) in [4.78, 5) is 0. The predicted octanol–water partition coefficient (Wildman–Crippen LogP) is 4.37. The standard InChI is InChI=1S/C12H7F3NO2.BF4/c13-12(14,15)17-8-4-5-11-9(7-8)10-3-1-2-6-16(10)18-11;2-1(3,4)5/h1-7H;/q+1;-1. The van der Waals surface area contributed by atoms with Crippen LogP contribution < -0.4 is 9.31 Å². The molecular weight excluding hydrogens is 334 g/mol. The fourth-order valence-corrected chi connectivity index (χ4v) is 1.81. The van der Waals surface area contributed by atoms with Crippen molar-refractivity contribution in [2.24, 2.45) is 0 Å². The van der Waals surface area contributed by atoms with Crippen molar-refractivity contribution in [3.63, 3.8) is 0 Å². The second-order valence-corrected chi connectivity index (χ2v) is 4.20. The van der Waals surface area contributed by atoms with Crippen molar-refractivity contribution >= 4 is 23.7 Å². The summed E-state index contributed by atoms with van der Waals surface area (Å²) in [5.41, 5.74) is 1.18. The molecule has 0 amide bonds. The second-order valence-electron chi connectivity index (χ2n) is 4.20. The molecule has 0 saturated carbocycles. The third-order valence-corrected chi connectivity index (χ3v) is 2.48. The van der Waals surface area contributed by atoms with Crippen LogP contribution in [0.25, 0.3) is 16.5 Å². The minimum atomic E-state index is -6.00. The number of hydrogen-bond acceptors (Lipinski definition) is 2. The SMILES string of the molecule is FC(F)(F)Oc1ccc2o[n+]3ccccc3c2c1.F[B-](F)(F)F. The number of pyridine rings is 1. The number of aromatic nitrogens is 1. The van der Waals surface area contributed by atoms with Crippen LogP contribution in [0.2, 0.25) is 0 Å². The quantitative estimate of drug-likeness (QED) is 0.373. The van der Waals surface area contributed by atoms with Crippen molar-refractivity contribution in [3.8, 4) is 5.75 Å². The molecule has 0 atom stereocenters. The van der Waals surface area contributed by atoms with Crippen LogP contribution in [0.15, 0.2) is 47.1 Å². The van der Waals surface area contributed by atoms with Gasteiger partial charge in [-0.05, 0) is 24.3 Å². The average Bonchev–Trinajstić information content (AvgIpc) is 2.73. The third-order valence-electron chi connectivity index (χ3n) is 2.48. The van der Waals surface area contributed by atoms with Crippen molar-refractivity contribution < 1.29 is 44.3 Å². The molecule has 3 aromatic rings. The number of rotatable bonds is 1. The predicted molar refractivity (Wildman–Crippen MR) is 66.2 cm³/mol. The minimum Gasteiger partial charge on any atom is -0.418 e. The molecule has 1 aromatic carbocycles. The van der Waals surface area contributed by atoms with Gasteiger partial charge in [0.25, 0.3) is 5.52 Å². The van der Waals surface area contributed by atoms with Crippen molar-refractivity contribution in [3.05, 3.63) is 42.6 Å². The monoisotopic (exact) mass is 341 g/mol. The fraction of sp³-hybridized carbons (Fsp3) is 0.0833. The number of halogens is 7. The summed E-state index contributed by atoms with van der Waals surface area (Å²) >= 11 is 0. The van der Waals surface area contributed by atoms with Gasteiger partial charge in [-0.1, -0.05) is 0 Å². The fourth-order valence-electron chi connectivity index (χ4n) is 1.81. The molecule has 0 saturated heterocycles. The summed E-state index contributed by atoms with van der Waals surface area (Å²) in [6, 6.07) is 9.27. The number of nitrogens with zero attached hydrogens (tertiary/aromatic N) is 1. The summed E-state index contributed by atoms with van der Waals surface area (Å²) in [6.45, 7) is 0. The van der Waals surface area contributed by atoms with Gasteiger partial charge in [-0.2, -0.15) is 0 Å². The van der Waals surface area contributed by atoms with Crippen molar-refractivity contribution in [1.29, 1.82) is 0 Å². The molecule has 0 fully saturated rings. The first-order valence-corrected chi connectivity index (χ1v) is 5.99. The summed E-state index contributed by atoms with van der Waals surface area (Å²) in [6.07, 6.45) is -3.01. The molecule has 0 N–H and O–H groups in total. The Kier molecular flexibility index (Phi) is 4.39. The van der Waals surface area contributed by atoms with Crippen LogP contribution in [0, 0.1) is 0 Å². The largest absolute Gasteiger partial charge is 0.673 e. The van der Waals surface area contributed by atoms with Gasteiger partial charge in [0.1, 0.15) is 11.1 Å². The zero-order valence-electron chi connectivity index (χ0n) is 11.0. The molecule has 0 bridgehead atoms. The topological polar surface area (TPSA) is 26.5 Å². The molecule has 2 aromatic heterocycles. The molecule has 0 unspecified atom stereocenters. The molecule has 124 valence electrons. The van der Waals surface area contributed by atoms with E-state index in [0.29, 0.717) is 16.5 Å². The van der Waals surface area contributed by atoms with E-state index in [1.807, 2.05) is 0 Å². The molecule has 0 aliphatic rings. The molecular formula is C12H7BF7NO2. The molecule has 3 rings (SSSR count). The lowest BCUT2D eigenvalue weighted by molar-refractivity contribution is -0.712. The zero-order valence-corrected chi connectivity index (χ0v) is 11.0. The van der Waals surface area contributed by atoms with Crippen LogP contribution >= 0.6 is 0 Å². The van der Waals surface area contributed by atoms with Crippen LogP contribution in [0.3, 0.4) is 0 Å². The summed E-state index contributed by atoms with van der Waals surface area (Å²) in [5.74, 6) is -0.262. The van der Waals surface area contributed by atoms with Gasteiger partial charge in [0.2, 0.25) is 11.8 Å². The van der Waals surface area contributed by atoms with Gasteiger partial charge < -0.3 is 22.0 Å². The van der Waals surface area contributed by atoms with Crippen molar-refractivity contribution in [2.75, 3.05) is 0 Å². The number of benzene rings is 1. The molecule has 0 aliphatic carbocycles. The normalized spacial score (nSPS) is 12.1. The Morgan fingerprint density at radius 1 is 1.00 bits per heavy atom. The van der Waals surface area contributed by atoms with Gasteiger partial charge in [0, 0.05) is 16.7 Å². The molecule has 0 spiro atoms. The lowest BCUT2D eigenvalue weighted by Crippen LogP contribution is -2.17. The van der Waals surface area contributed by atoms with E-state index in [-0.39, 0.29) is 5.75 Å². The lowest BCUT2D eigenvalue weighted by Gasteiger charge is -2.07. The average molecular weight is 341 g/mol. The van der Waals surface area contributed by atoms with E-state index in [0.717, 1.165) is 0 Å². The molecule has 0 radical (unpaired) electrons. The molecule has 11 heteroatoms. The highest BCUT2D eigenvalue weighted by Crippen LogP contribution is 2.27. The summed E-state index contributed by atoms with van der Waals surface area (Å²) in [5, 5.41) is 0.567. The maximum atomic E-state index is 12.1. The highest BCUT2D eigenvalue weighted by molar-refractivity contribution is 6.50. The molecule has 0 aliphatic heterocycles. The summed E-state index contributed by atoms with van der Waals surface area (Å²) in [7, 11) is -6.00. The highest BCUT2D eigenvalue weighted by Gasteiger charge is 2.31. The van der Waals surface area contributed by atoms with Gasteiger partial charge in [-0.3, -0.25) is 0 Å². The number of hydrogen-bond donors (Lipinski definition) is 0. The van der Waals surface area contributed by atoms with Crippen LogP contribution in [-0.2, 0) is 0 Å². The second kappa shape index (κ2) is 5.97. The lowest BCUT2D eigenvalue weighted by atomic mass is 10.2. The Morgan fingerprint density at radius 3 is 2.26 bits per heavy atom. The van der Waals surface area contributed by atoms with E-state index in [4.69, 9.17) is 4.52 Å². The van der Waals surface area contributed by atoms with Gasteiger partial charge in [-0.25, -0.2) is 4.52 Å². The zero-order chi connectivity index (χ0) is 17.3. The Balaban J connectivity index is 0.000000338. The Labute approximate surface area is 123 Å². The van der Waals surface area contributed by atoms with E-state index in [9.17, 15) is 30.4 Å². The van der Waals surface area contributed by atoms with Crippen LogP contribution in [-0.4, -0.2) is 13.6 Å². The minimum absolute atomic E-state index is 0.262. The number of fused-ring (bicyclic) bond motifs is 3. The highest BCUT2D eigenvalue weighted by atomic mass is 19.5. The Bertz CT molecular complexity index is 806. The molecule has 2 heterocycles. The van der Waals surface area contributed by atoms with E-state index in [1.165, 1.54) is 22.8 Å². The first kappa shape index (κ1) is 16.9. The Hall–Kier alpha value is -2.46.